The number of ether oxygens (including phenoxy) is 1. The van der Waals surface area contributed by atoms with Crippen molar-refractivity contribution >= 4 is 11.9 Å². The van der Waals surface area contributed by atoms with Crippen molar-refractivity contribution < 1.29 is 19.4 Å². The van der Waals surface area contributed by atoms with Gasteiger partial charge in [0.05, 0.1) is 0 Å². The van der Waals surface area contributed by atoms with Crippen LogP contribution in [0.25, 0.3) is 0 Å². The van der Waals surface area contributed by atoms with Crippen LogP contribution in [0.3, 0.4) is 0 Å². The number of hydrogen-bond acceptors (Lipinski definition) is 3. The number of carbonyl (C=O) groups excluding carboxylic acids is 1. The van der Waals surface area contributed by atoms with E-state index in [1.807, 2.05) is 0 Å². The summed E-state index contributed by atoms with van der Waals surface area (Å²) in [5, 5.41) is 8.98. The van der Waals surface area contributed by atoms with Gasteiger partial charge in [-0.1, -0.05) is 39.3 Å². The first-order valence-electron chi connectivity index (χ1n) is 10.7. The van der Waals surface area contributed by atoms with E-state index < -0.39 is 18.4 Å². The third kappa shape index (κ3) is 2.69. The maximum Gasteiger partial charge on any atom is 0.317 e. The minimum atomic E-state index is -1.11. The van der Waals surface area contributed by atoms with E-state index in [0.717, 1.165) is 25.2 Å². The summed E-state index contributed by atoms with van der Waals surface area (Å²) in [7, 11) is 0. The third-order valence-electron chi connectivity index (χ3n) is 9.00. The summed E-state index contributed by atoms with van der Waals surface area (Å²) in [6.45, 7) is 11.7. The molecule has 150 valence electrons. The zero-order valence-corrected chi connectivity index (χ0v) is 17.1. The Morgan fingerprint density at radius 2 is 1.85 bits per heavy atom. The van der Waals surface area contributed by atoms with Crippen LogP contribution in [0, 0.1) is 34.0 Å². The van der Waals surface area contributed by atoms with Crippen LogP contribution in [0.1, 0.15) is 78.6 Å². The number of carboxylic acid groups (broad SMARTS) is 1. The van der Waals surface area contributed by atoms with Crippen LogP contribution >= 0.6 is 0 Å². The standard InChI is InChI=1S/C23H34O4/c1-14-13-23-11-8-16-21(2,3)9-5-10-22(16,4)17(23)7-6-15(14)20(23)27-19(26)12-18(24)25/h15-17,20H,1,5-13H2,2-4H3,(H,24,25)/t15-,16+,17-,20+,22+,23-/m0/s1. The van der Waals surface area contributed by atoms with Gasteiger partial charge in [-0.3, -0.25) is 9.59 Å². The summed E-state index contributed by atoms with van der Waals surface area (Å²) in [5.74, 6) is -0.212. The predicted octanol–water partition coefficient (Wildman–Crippen LogP) is 4.97. The van der Waals surface area contributed by atoms with E-state index in [0.29, 0.717) is 11.3 Å². The molecule has 0 heterocycles. The molecule has 2 bridgehead atoms. The fraction of sp³-hybridized carbons (Fsp3) is 0.826. The molecule has 0 aromatic rings. The molecule has 0 aliphatic heterocycles. The number of esters is 1. The molecule has 4 aliphatic carbocycles. The van der Waals surface area contributed by atoms with Crippen molar-refractivity contribution in [3.8, 4) is 0 Å². The second kappa shape index (κ2) is 6.09. The number of fused-ring (bicyclic) bond motifs is 3. The molecule has 1 N–H and O–H groups in total. The molecule has 4 heteroatoms. The number of rotatable bonds is 3. The largest absolute Gasteiger partial charge is 0.481 e. The SMILES string of the molecule is C=C1C[C@@]23CC[C@@H]4C(C)(C)CCC[C@@]4(C)[C@@H]2CC[C@@H]1[C@H]3OC(=O)CC(=O)O. The van der Waals surface area contributed by atoms with Gasteiger partial charge >= 0.3 is 11.9 Å². The van der Waals surface area contributed by atoms with E-state index in [-0.39, 0.29) is 22.9 Å². The highest BCUT2D eigenvalue weighted by Crippen LogP contribution is 2.72. The molecular formula is C23H34O4. The van der Waals surface area contributed by atoms with Gasteiger partial charge in [-0.25, -0.2) is 0 Å². The molecule has 4 nitrogen and oxygen atoms in total. The first kappa shape index (κ1) is 19.0. The minimum Gasteiger partial charge on any atom is -0.481 e. The van der Waals surface area contributed by atoms with Crippen LogP contribution in [0.15, 0.2) is 12.2 Å². The Labute approximate surface area is 162 Å². The predicted molar refractivity (Wildman–Crippen MR) is 103 cm³/mol. The van der Waals surface area contributed by atoms with Gasteiger partial charge in [-0.2, -0.15) is 0 Å². The molecule has 6 atom stereocenters. The molecule has 27 heavy (non-hydrogen) atoms. The topological polar surface area (TPSA) is 63.6 Å². The van der Waals surface area contributed by atoms with Crippen LogP contribution in [0.5, 0.6) is 0 Å². The molecule has 4 aliphatic rings. The third-order valence-corrected chi connectivity index (χ3v) is 9.00. The van der Waals surface area contributed by atoms with Crippen LogP contribution < -0.4 is 0 Å². The van der Waals surface area contributed by atoms with Gasteiger partial charge in [0.25, 0.3) is 0 Å². The lowest BCUT2D eigenvalue weighted by atomic mass is 9.41. The molecule has 4 saturated carbocycles. The number of hydrogen-bond donors (Lipinski definition) is 1. The second-order valence-corrected chi connectivity index (χ2v) is 10.7. The van der Waals surface area contributed by atoms with Gasteiger partial charge in [-0.15, -0.1) is 0 Å². The zero-order valence-electron chi connectivity index (χ0n) is 17.1. The molecule has 0 saturated heterocycles. The monoisotopic (exact) mass is 374 g/mol. The molecule has 4 rings (SSSR count). The molecule has 4 fully saturated rings. The fourth-order valence-corrected chi connectivity index (χ4v) is 8.19. The lowest BCUT2D eigenvalue weighted by Crippen LogP contribution is -2.60. The molecule has 0 aromatic heterocycles. The van der Waals surface area contributed by atoms with E-state index in [2.05, 4.69) is 27.4 Å². The molecule has 0 amide bonds. The zero-order chi connectivity index (χ0) is 19.6. The van der Waals surface area contributed by atoms with Gasteiger partial charge in [0.2, 0.25) is 0 Å². The smallest absolute Gasteiger partial charge is 0.317 e. The van der Waals surface area contributed by atoms with E-state index in [1.165, 1.54) is 37.7 Å². The summed E-state index contributed by atoms with van der Waals surface area (Å²) in [6.07, 6.45) is 8.59. The normalized spacial score (nSPS) is 44.9. The van der Waals surface area contributed by atoms with Crippen LogP contribution in [-0.2, 0) is 14.3 Å². The Bertz CT molecular complexity index is 680. The van der Waals surface area contributed by atoms with Crippen molar-refractivity contribution in [2.75, 3.05) is 0 Å². The maximum atomic E-state index is 12.3. The van der Waals surface area contributed by atoms with Gasteiger partial charge in [0.15, 0.2) is 0 Å². The van der Waals surface area contributed by atoms with Crippen molar-refractivity contribution in [3.05, 3.63) is 12.2 Å². The molecule has 1 spiro atoms. The van der Waals surface area contributed by atoms with Crippen molar-refractivity contribution in [1.29, 1.82) is 0 Å². The fourth-order valence-electron chi connectivity index (χ4n) is 8.19. The average Bonchev–Trinajstić information content (AvgIpc) is 2.69. The van der Waals surface area contributed by atoms with Gasteiger partial charge in [0, 0.05) is 11.3 Å². The van der Waals surface area contributed by atoms with Crippen molar-refractivity contribution in [2.45, 2.75) is 84.7 Å². The lowest BCUT2D eigenvalue weighted by Gasteiger charge is -2.64. The van der Waals surface area contributed by atoms with Gasteiger partial charge in [0.1, 0.15) is 12.5 Å². The number of aliphatic carboxylic acids is 1. The van der Waals surface area contributed by atoms with Crippen LogP contribution in [-0.4, -0.2) is 23.1 Å². The van der Waals surface area contributed by atoms with Crippen LogP contribution in [0.4, 0.5) is 0 Å². The first-order valence-corrected chi connectivity index (χ1v) is 10.7. The van der Waals surface area contributed by atoms with Gasteiger partial charge in [-0.05, 0) is 67.6 Å². The molecular weight excluding hydrogens is 340 g/mol. The first-order chi connectivity index (χ1) is 12.6. The Kier molecular flexibility index (Phi) is 4.29. The minimum absolute atomic E-state index is 0.0210. The number of carbonyl (C=O) groups is 2. The Balaban J connectivity index is 1.69. The lowest BCUT2D eigenvalue weighted by molar-refractivity contribution is -0.201. The molecule has 0 aromatic carbocycles. The quantitative estimate of drug-likeness (QED) is 0.430. The van der Waals surface area contributed by atoms with E-state index in [1.54, 1.807) is 0 Å². The highest BCUT2D eigenvalue weighted by molar-refractivity contribution is 5.90. The Morgan fingerprint density at radius 3 is 2.56 bits per heavy atom. The Hall–Kier alpha value is -1.32. The van der Waals surface area contributed by atoms with Crippen LogP contribution in [0.2, 0.25) is 0 Å². The summed E-state index contributed by atoms with van der Waals surface area (Å²) >= 11 is 0. The van der Waals surface area contributed by atoms with E-state index in [9.17, 15) is 9.59 Å². The molecule has 0 radical (unpaired) electrons. The van der Waals surface area contributed by atoms with Crippen molar-refractivity contribution in [2.24, 2.45) is 34.0 Å². The van der Waals surface area contributed by atoms with E-state index >= 15 is 0 Å². The summed E-state index contributed by atoms with van der Waals surface area (Å²) in [5.41, 5.74) is 1.86. The second-order valence-electron chi connectivity index (χ2n) is 10.7. The average molecular weight is 375 g/mol. The van der Waals surface area contributed by atoms with E-state index in [4.69, 9.17) is 9.84 Å². The van der Waals surface area contributed by atoms with Crippen molar-refractivity contribution in [3.63, 3.8) is 0 Å². The molecule has 0 unspecified atom stereocenters. The summed E-state index contributed by atoms with van der Waals surface area (Å²) < 4.78 is 5.92. The van der Waals surface area contributed by atoms with Gasteiger partial charge < -0.3 is 9.84 Å². The summed E-state index contributed by atoms with van der Waals surface area (Å²) in [6, 6.07) is 0. The maximum absolute atomic E-state index is 12.3. The number of carboxylic acids is 1. The highest BCUT2D eigenvalue weighted by atomic mass is 16.5. The van der Waals surface area contributed by atoms with Crippen molar-refractivity contribution in [1.82, 2.24) is 0 Å². The summed E-state index contributed by atoms with van der Waals surface area (Å²) in [4.78, 5) is 23.2. The Morgan fingerprint density at radius 1 is 1.11 bits per heavy atom. The highest BCUT2D eigenvalue weighted by Gasteiger charge is 2.67.